The molecule has 0 aromatic carbocycles. The van der Waals surface area contributed by atoms with Gasteiger partial charge in [0.05, 0.1) is 6.20 Å². The average molecular weight is 494 g/mol. The minimum atomic E-state index is -0.131. The van der Waals surface area contributed by atoms with Crippen molar-refractivity contribution in [2.75, 3.05) is 57.7 Å². The summed E-state index contributed by atoms with van der Waals surface area (Å²) in [6, 6.07) is 4.73. The molecule has 196 valence electrons. The van der Waals surface area contributed by atoms with Crippen LogP contribution in [0.15, 0.2) is 18.3 Å². The number of rotatable bonds is 8. The molecule has 10 heteroatoms. The van der Waals surface area contributed by atoms with Crippen LogP contribution >= 0.6 is 0 Å². The minimum Gasteiger partial charge on any atom is -0.369 e. The number of fused-ring (bicyclic) bond motifs is 1. The zero-order valence-electron chi connectivity index (χ0n) is 21.9. The average Bonchev–Trinajstić information content (AvgIpc) is 3.57. The first kappa shape index (κ1) is 26.9. The van der Waals surface area contributed by atoms with Gasteiger partial charge in [0.25, 0.3) is 0 Å². The van der Waals surface area contributed by atoms with Gasteiger partial charge < -0.3 is 20.8 Å². The van der Waals surface area contributed by atoms with Gasteiger partial charge in [0.15, 0.2) is 13.6 Å². The fourth-order valence-corrected chi connectivity index (χ4v) is 5.44. The maximum Gasteiger partial charge on any atom is 0.220 e. The molecule has 0 bridgehead atoms. The van der Waals surface area contributed by atoms with Gasteiger partial charge in [0.1, 0.15) is 5.82 Å². The van der Waals surface area contributed by atoms with Crippen molar-refractivity contribution < 1.29 is 4.79 Å². The van der Waals surface area contributed by atoms with Crippen LogP contribution in [0.2, 0.25) is 0 Å². The van der Waals surface area contributed by atoms with E-state index in [-0.39, 0.29) is 11.8 Å². The number of piperazine rings is 1. The van der Waals surface area contributed by atoms with Gasteiger partial charge in [-0.1, -0.05) is 26.2 Å². The summed E-state index contributed by atoms with van der Waals surface area (Å²) in [6.07, 6.45) is 11.0. The van der Waals surface area contributed by atoms with E-state index in [4.69, 9.17) is 13.7 Å². The number of nitrogens with zero attached hydrogens (tertiary/aromatic N) is 6. The van der Waals surface area contributed by atoms with E-state index in [0.717, 1.165) is 95.2 Å². The monoisotopic (exact) mass is 494 g/mol. The Balaban J connectivity index is 0.000000169. The van der Waals surface area contributed by atoms with Gasteiger partial charge in [-0.15, -0.1) is 0 Å². The van der Waals surface area contributed by atoms with E-state index in [9.17, 15) is 4.79 Å². The summed E-state index contributed by atoms with van der Waals surface area (Å²) in [4.78, 5) is 22.5. The second kappa shape index (κ2) is 13.4. The number of likely N-dealkylation sites (tertiary alicyclic amines) is 1. The third-order valence-corrected chi connectivity index (χ3v) is 7.76. The Morgan fingerprint density at radius 2 is 1.72 bits per heavy atom. The van der Waals surface area contributed by atoms with E-state index < -0.39 is 0 Å². The van der Waals surface area contributed by atoms with Crippen LogP contribution in [0.25, 0.3) is 5.65 Å². The van der Waals surface area contributed by atoms with Crippen molar-refractivity contribution in [3.8, 4) is 0 Å². The van der Waals surface area contributed by atoms with E-state index >= 15 is 0 Å². The van der Waals surface area contributed by atoms with E-state index in [0.29, 0.717) is 6.04 Å². The second-order valence-corrected chi connectivity index (χ2v) is 10.5. The molecule has 2 aromatic rings. The van der Waals surface area contributed by atoms with Crippen molar-refractivity contribution >= 4 is 25.4 Å². The lowest BCUT2D eigenvalue weighted by molar-refractivity contribution is -0.123. The molecule has 3 fully saturated rings. The number of nitrogens with one attached hydrogen (secondary N) is 1. The van der Waals surface area contributed by atoms with Crippen molar-refractivity contribution in [2.45, 2.75) is 64.3 Å². The molecule has 2 aliphatic heterocycles. The fraction of sp³-hybridized carbons (Fsp3) is 0.731. The molecule has 1 aliphatic carbocycles. The van der Waals surface area contributed by atoms with Crippen LogP contribution in [0.4, 0.5) is 5.82 Å². The molecular weight excluding hydrogens is 451 g/mol. The van der Waals surface area contributed by atoms with Crippen molar-refractivity contribution in [2.24, 2.45) is 11.7 Å². The van der Waals surface area contributed by atoms with Crippen LogP contribution in [0, 0.1) is 5.92 Å². The summed E-state index contributed by atoms with van der Waals surface area (Å²) in [5.41, 5.74) is 7.44. The van der Waals surface area contributed by atoms with E-state index in [1.165, 1.54) is 25.7 Å². The van der Waals surface area contributed by atoms with E-state index in [2.05, 4.69) is 38.2 Å². The van der Waals surface area contributed by atoms with Crippen molar-refractivity contribution in [1.29, 1.82) is 0 Å². The first-order valence-corrected chi connectivity index (χ1v) is 13.9. The van der Waals surface area contributed by atoms with Gasteiger partial charge in [-0.2, -0.15) is 9.61 Å². The molecule has 2 saturated heterocycles. The summed E-state index contributed by atoms with van der Waals surface area (Å²) in [6.45, 7) is 10.4. The summed E-state index contributed by atoms with van der Waals surface area (Å²) in [5.74, 6) is 1.07. The zero-order chi connectivity index (χ0) is 25.3. The highest BCUT2D eigenvalue weighted by molar-refractivity contribution is 6.04. The number of carbonyl (C=O) groups is 1. The van der Waals surface area contributed by atoms with Crippen LogP contribution in [0.5, 0.6) is 0 Å². The van der Waals surface area contributed by atoms with Crippen molar-refractivity contribution in [3.63, 3.8) is 0 Å². The van der Waals surface area contributed by atoms with Crippen LogP contribution in [-0.2, 0) is 11.2 Å². The highest BCUT2D eigenvalue weighted by Crippen LogP contribution is 2.23. The standard InChI is InChI=1S/C14H20N4.C12H23BN4O/c1-2-5-12-10-14(16-11-6-3-4-7-11)18-13(17-12)8-9-15-18;13-17-9-7-16(8-10-17)6-5-15-3-1-11(2-4-15)12(14)18/h8-11,16H,2-7H2,1H3;11H,1-10H2,(H2,14,18). The molecular formula is C26H43BN8O. The number of hydrogen-bond acceptors (Lipinski definition) is 7. The SMILES string of the molecule is CCCc1cc(NC2CCCC2)n2nccc2n1.[B]N1CCN(CCN2CCC(C(N)=O)CC2)CC1. The van der Waals surface area contributed by atoms with Crippen LogP contribution < -0.4 is 11.1 Å². The van der Waals surface area contributed by atoms with E-state index in [1.807, 2.05) is 21.6 Å². The first-order chi connectivity index (χ1) is 17.5. The Hall–Kier alpha value is -2.17. The molecule has 3 aliphatic rings. The van der Waals surface area contributed by atoms with E-state index in [1.54, 1.807) is 0 Å². The molecule has 5 rings (SSSR count). The molecule has 4 heterocycles. The topological polar surface area (TPSA) is 95.0 Å². The molecule has 1 saturated carbocycles. The smallest absolute Gasteiger partial charge is 0.220 e. The van der Waals surface area contributed by atoms with Crippen LogP contribution in [0.3, 0.4) is 0 Å². The number of aromatic nitrogens is 3. The van der Waals surface area contributed by atoms with Gasteiger partial charge in [0.2, 0.25) is 5.91 Å². The maximum absolute atomic E-state index is 11.1. The maximum atomic E-state index is 11.1. The Morgan fingerprint density at radius 3 is 2.36 bits per heavy atom. The molecule has 0 atom stereocenters. The number of amides is 1. The molecule has 2 radical (unpaired) electrons. The van der Waals surface area contributed by atoms with Gasteiger partial charge in [-0.3, -0.25) is 9.69 Å². The van der Waals surface area contributed by atoms with Gasteiger partial charge in [-0.25, -0.2) is 4.98 Å². The Morgan fingerprint density at radius 1 is 1.06 bits per heavy atom. The lowest BCUT2D eigenvalue weighted by Crippen LogP contribution is -2.48. The number of piperidine rings is 1. The molecule has 1 amide bonds. The number of nitrogens with two attached hydrogens (primary N) is 1. The highest BCUT2D eigenvalue weighted by Gasteiger charge is 2.23. The number of carbonyl (C=O) groups excluding carboxylic acids is 1. The van der Waals surface area contributed by atoms with Crippen LogP contribution in [-0.4, -0.2) is 101 Å². The first-order valence-electron chi connectivity index (χ1n) is 13.9. The zero-order valence-corrected chi connectivity index (χ0v) is 21.9. The molecule has 2 aromatic heterocycles. The van der Waals surface area contributed by atoms with Crippen LogP contribution in [0.1, 0.15) is 57.6 Å². The number of primary amides is 1. The quantitative estimate of drug-likeness (QED) is 0.542. The van der Waals surface area contributed by atoms with Gasteiger partial charge in [0, 0.05) is 56.0 Å². The Labute approximate surface area is 217 Å². The Kier molecular flexibility index (Phi) is 10.0. The summed E-state index contributed by atoms with van der Waals surface area (Å²) < 4.78 is 1.91. The van der Waals surface area contributed by atoms with Gasteiger partial charge >= 0.3 is 0 Å². The fourth-order valence-electron chi connectivity index (χ4n) is 5.44. The second-order valence-electron chi connectivity index (χ2n) is 10.5. The molecule has 0 unspecified atom stereocenters. The highest BCUT2D eigenvalue weighted by atomic mass is 16.1. The van der Waals surface area contributed by atoms with Crippen molar-refractivity contribution in [3.05, 3.63) is 24.0 Å². The normalized spacial score (nSPS) is 20.9. The summed E-state index contributed by atoms with van der Waals surface area (Å²) in [5, 5.41) is 7.98. The molecule has 3 N–H and O–H groups in total. The van der Waals surface area contributed by atoms with Gasteiger partial charge in [-0.05, 0) is 58.3 Å². The van der Waals surface area contributed by atoms with Crippen molar-refractivity contribution in [1.82, 2.24) is 29.2 Å². The number of hydrogen-bond donors (Lipinski definition) is 2. The third-order valence-electron chi connectivity index (χ3n) is 7.76. The Bertz CT molecular complexity index is 947. The summed E-state index contributed by atoms with van der Waals surface area (Å²) >= 11 is 0. The number of aryl methyl sites for hydroxylation is 1. The predicted octanol–water partition coefficient (Wildman–Crippen LogP) is 1.92. The summed E-state index contributed by atoms with van der Waals surface area (Å²) in [7, 11) is 5.73. The molecule has 0 spiro atoms. The largest absolute Gasteiger partial charge is 0.369 e. The lowest BCUT2D eigenvalue weighted by Gasteiger charge is -2.36. The lowest BCUT2D eigenvalue weighted by atomic mass is 9.96. The number of anilines is 1. The molecule has 9 nitrogen and oxygen atoms in total. The minimum absolute atomic E-state index is 0.0991. The molecule has 36 heavy (non-hydrogen) atoms. The predicted molar refractivity (Wildman–Crippen MR) is 145 cm³/mol. The third kappa shape index (κ3) is 7.67.